The van der Waals surface area contributed by atoms with Crippen molar-refractivity contribution in [3.63, 3.8) is 0 Å². The molecule has 0 fully saturated rings. The highest BCUT2D eigenvalue weighted by molar-refractivity contribution is 5.81. The van der Waals surface area contributed by atoms with E-state index in [2.05, 4.69) is 18.8 Å². The Hall–Kier alpha value is -2.86. The van der Waals surface area contributed by atoms with E-state index in [-0.39, 0.29) is 17.9 Å². The van der Waals surface area contributed by atoms with Gasteiger partial charge < -0.3 is 19.9 Å². The molecule has 6 heteroatoms. The minimum Gasteiger partial charge on any atom is -0.486 e. The lowest BCUT2D eigenvalue weighted by Crippen LogP contribution is -2.41. The number of carbonyl (C=O) groups excluding carboxylic acids is 1. The number of aromatic nitrogens is 2. The minimum absolute atomic E-state index is 0.0191. The van der Waals surface area contributed by atoms with E-state index in [1.54, 1.807) is 4.90 Å². The largest absolute Gasteiger partial charge is 0.486 e. The number of amides is 1. The maximum atomic E-state index is 12.9. The number of benzene rings is 2. The Balaban J connectivity index is 1.81. The van der Waals surface area contributed by atoms with Crippen LogP contribution >= 0.6 is 0 Å². The first-order chi connectivity index (χ1) is 13.4. The maximum absolute atomic E-state index is 12.9. The van der Waals surface area contributed by atoms with Crippen LogP contribution < -0.4 is 10.5 Å². The van der Waals surface area contributed by atoms with Crippen molar-refractivity contribution in [3.05, 3.63) is 60.4 Å². The third-order valence-corrected chi connectivity index (χ3v) is 4.78. The molecule has 2 N–H and O–H groups in total. The quantitative estimate of drug-likeness (QED) is 0.652. The highest BCUT2D eigenvalue weighted by Crippen LogP contribution is 2.19. The minimum atomic E-state index is -0.124. The molecule has 1 aromatic heterocycles. The number of hydrogen-bond acceptors (Lipinski definition) is 4. The summed E-state index contributed by atoms with van der Waals surface area (Å²) in [5.41, 5.74) is 7.47. The number of nitrogens with two attached hydrogens (primary N) is 1. The van der Waals surface area contributed by atoms with Crippen molar-refractivity contribution >= 4 is 16.9 Å². The molecule has 0 aliphatic carbocycles. The first-order valence-corrected chi connectivity index (χ1v) is 9.46. The summed E-state index contributed by atoms with van der Waals surface area (Å²) in [4.78, 5) is 19.3. The van der Waals surface area contributed by atoms with Gasteiger partial charge in [-0.15, -0.1) is 0 Å². The van der Waals surface area contributed by atoms with Gasteiger partial charge in [-0.1, -0.05) is 44.2 Å². The van der Waals surface area contributed by atoms with E-state index in [0.717, 1.165) is 22.6 Å². The molecular weight excluding hydrogens is 352 g/mol. The summed E-state index contributed by atoms with van der Waals surface area (Å²) in [6.45, 7) is 5.75. The topological polar surface area (TPSA) is 73.4 Å². The van der Waals surface area contributed by atoms with Crippen LogP contribution in [0.15, 0.2) is 54.6 Å². The molecule has 0 aliphatic heterocycles. The summed E-state index contributed by atoms with van der Waals surface area (Å²) >= 11 is 0. The lowest BCUT2D eigenvalue weighted by atomic mass is 9.93. The molecule has 0 unspecified atom stereocenters. The Morgan fingerprint density at radius 3 is 2.54 bits per heavy atom. The van der Waals surface area contributed by atoms with Crippen molar-refractivity contribution in [2.75, 3.05) is 20.1 Å². The van der Waals surface area contributed by atoms with E-state index < -0.39 is 0 Å². The van der Waals surface area contributed by atoms with Crippen LogP contribution in [0.4, 0.5) is 0 Å². The van der Waals surface area contributed by atoms with Crippen LogP contribution in [0.3, 0.4) is 0 Å². The molecule has 0 bridgehead atoms. The Morgan fingerprint density at radius 1 is 1.14 bits per heavy atom. The Bertz CT molecular complexity index is 934. The summed E-state index contributed by atoms with van der Waals surface area (Å²) in [5.74, 6) is 1.52. The number of ether oxygens (including phenoxy) is 1. The van der Waals surface area contributed by atoms with Gasteiger partial charge >= 0.3 is 0 Å². The van der Waals surface area contributed by atoms with Gasteiger partial charge in [0.15, 0.2) is 0 Å². The molecule has 2 aromatic carbocycles. The van der Waals surface area contributed by atoms with Crippen LogP contribution in [0.25, 0.3) is 11.0 Å². The smallest absolute Gasteiger partial charge is 0.242 e. The predicted octanol–water partition coefficient (Wildman–Crippen LogP) is 3.06. The van der Waals surface area contributed by atoms with E-state index >= 15 is 0 Å². The lowest BCUT2D eigenvalue weighted by molar-refractivity contribution is -0.131. The van der Waals surface area contributed by atoms with Crippen molar-refractivity contribution in [1.29, 1.82) is 0 Å². The van der Waals surface area contributed by atoms with Crippen molar-refractivity contribution < 1.29 is 9.53 Å². The fourth-order valence-corrected chi connectivity index (χ4v) is 3.13. The molecule has 6 nitrogen and oxygen atoms in total. The third-order valence-electron chi connectivity index (χ3n) is 4.78. The molecule has 3 rings (SSSR count). The zero-order valence-corrected chi connectivity index (χ0v) is 16.8. The van der Waals surface area contributed by atoms with Gasteiger partial charge in [0.1, 0.15) is 24.7 Å². The molecule has 0 saturated carbocycles. The molecule has 28 heavy (non-hydrogen) atoms. The summed E-state index contributed by atoms with van der Waals surface area (Å²) in [5, 5.41) is 0. The van der Waals surface area contributed by atoms with Crippen LogP contribution in [0.2, 0.25) is 0 Å². The van der Waals surface area contributed by atoms with Crippen LogP contribution in [0.1, 0.15) is 19.7 Å². The maximum Gasteiger partial charge on any atom is 0.242 e. The second-order valence-electron chi connectivity index (χ2n) is 7.82. The number of rotatable bonds is 8. The molecule has 148 valence electrons. The van der Waals surface area contributed by atoms with Crippen LogP contribution in [-0.2, 0) is 17.9 Å². The Morgan fingerprint density at radius 2 is 1.82 bits per heavy atom. The number of para-hydroxylation sites is 3. The first-order valence-electron chi connectivity index (χ1n) is 9.46. The fourth-order valence-electron chi connectivity index (χ4n) is 3.13. The summed E-state index contributed by atoms with van der Waals surface area (Å²) in [6.07, 6.45) is 0. The monoisotopic (exact) mass is 380 g/mol. The average Bonchev–Trinajstić information content (AvgIpc) is 3.04. The van der Waals surface area contributed by atoms with Gasteiger partial charge in [-0.25, -0.2) is 4.98 Å². The Labute approximate surface area is 165 Å². The number of likely N-dealkylation sites (N-methyl/N-ethyl adjacent to an activating group) is 1. The van der Waals surface area contributed by atoms with Crippen molar-refractivity contribution in [3.8, 4) is 5.75 Å². The molecular formula is C22H28N4O2. The van der Waals surface area contributed by atoms with Gasteiger partial charge in [0.2, 0.25) is 5.91 Å². The van der Waals surface area contributed by atoms with E-state index in [4.69, 9.17) is 10.5 Å². The van der Waals surface area contributed by atoms with Crippen molar-refractivity contribution in [1.82, 2.24) is 14.5 Å². The number of nitrogens with zero attached hydrogens (tertiary/aromatic N) is 3. The molecule has 3 aromatic rings. The van der Waals surface area contributed by atoms with E-state index in [9.17, 15) is 4.79 Å². The second-order valence-corrected chi connectivity index (χ2v) is 7.82. The summed E-state index contributed by atoms with van der Waals surface area (Å²) in [6, 6.07) is 17.4. The molecule has 1 heterocycles. The molecule has 0 radical (unpaired) electrons. The summed E-state index contributed by atoms with van der Waals surface area (Å²) < 4.78 is 7.81. The number of fused-ring (bicyclic) bond motifs is 1. The van der Waals surface area contributed by atoms with Gasteiger partial charge in [0.25, 0.3) is 0 Å². The van der Waals surface area contributed by atoms with Gasteiger partial charge in [-0.3, -0.25) is 4.79 Å². The van der Waals surface area contributed by atoms with Gasteiger partial charge in [-0.05, 0) is 36.2 Å². The highest BCUT2D eigenvalue weighted by Gasteiger charge is 2.22. The Kier molecular flexibility index (Phi) is 5.99. The molecule has 0 saturated heterocycles. The SMILES string of the molecule is CN(CC(C)(C)CN)C(=O)Cn1c(COc2ccccc2)nc2ccccc21. The summed E-state index contributed by atoms with van der Waals surface area (Å²) in [7, 11) is 1.82. The van der Waals surface area contributed by atoms with Crippen LogP contribution in [0.5, 0.6) is 5.75 Å². The number of hydrogen-bond donors (Lipinski definition) is 1. The molecule has 0 atom stereocenters. The van der Waals surface area contributed by atoms with Crippen molar-refractivity contribution in [2.24, 2.45) is 11.1 Å². The van der Waals surface area contributed by atoms with Gasteiger partial charge in [-0.2, -0.15) is 0 Å². The fraction of sp³-hybridized carbons (Fsp3) is 0.364. The first kappa shape index (κ1) is 19.9. The number of imidazole rings is 1. The predicted molar refractivity (Wildman–Crippen MR) is 111 cm³/mol. The van der Waals surface area contributed by atoms with E-state index in [0.29, 0.717) is 19.7 Å². The molecule has 0 spiro atoms. The lowest BCUT2D eigenvalue weighted by Gasteiger charge is -2.29. The van der Waals surface area contributed by atoms with Crippen LogP contribution in [-0.4, -0.2) is 40.5 Å². The van der Waals surface area contributed by atoms with Crippen LogP contribution in [0, 0.1) is 5.41 Å². The zero-order chi connectivity index (χ0) is 20.1. The van der Waals surface area contributed by atoms with Gasteiger partial charge in [0, 0.05) is 13.6 Å². The standard InChI is InChI=1S/C22H28N4O2/c1-22(2,15-23)16-25(3)21(27)13-26-19-12-8-7-11-18(19)24-20(26)14-28-17-9-5-4-6-10-17/h4-12H,13-16,23H2,1-3H3. The van der Waals surface area contributed by atoms with E-state index in [1.807, 2.05) is 66.2 Å². The molecule has 0 aliphatic rings. The van der Waals surface area contributed by atoms with Crippen molar-refractivity contribution in [2.45, 2.75) is 27.0 Å². The zero-order valence-electron chi connectivity index (χ0n) is 16.8. The molecule has 1 amide bonds. The van der Waals surface area contributed by atoms with Gasteiger partial charge in [0.05, 0.1) is 11.0 Å². The highest BCUT2D eigenvalue weighted by atomic mass is 16.5. The normalized spacial score (nSPS) is 11.6. The average molecular weight is 380 g/mol. The third kappa shape index (κ3) is 4.70. The second kappa shape index (κ2) is 8.44. The van der Waals surface area contributed by atoms with E-state index in [1.165, 1.54) is 0 Å². The number of carbonyl (C=O) groups is 1.